The average molecular weight is 282 g/mol. The highest BCUT2D eigenvalue weighted by atomic mass is 16.5. The van der Waals surface area contributed by atoms with Gasteiger partial charge in [-0.2, -0.15) is 0 Å². The maximum absolute atomic E-state index is 5.24. The molecular weight excluding hydrogens is 260 g/mol. The first kappa shape index (κ1) is 14.1. The summed E-state index contributed by atoms with van der Waals surface area (Å²) < 4.78 is 5.24. The lowest BCUT2D eigenvalue weighted by Crippen LogP contribution is -2.23. The van der Waals surface area contributed by atoms with Gasteiger partial charge in [0.15, 0.2) is 0 Å². The van der Waals surface area contributed by atoms with Crippen LogP contribution in [0.4, 0.5) is 0 Å². The van der Waals surface area contributed by atoms with Crippen LogP contribution in [-0.2, 0) is 0 Å². The van der Waals surface area contributed by atoms with Crippen molar-refractivity contribution in [2.75, 3.05) is 20.2 Å². The topological polar surface area (TPSA) is 25.4 Å². The van der Waals surface area contributed by atoms with Crippen molar-refractivity contribution in [3.63, 3.8) is 0 Å². The van der Waals surface area contributed by atoms with Gasteiger partial charge in [-0.15, -0.1) is 0 Å². The van der Waals surface area contributed by atoms with Gasteiger partial charge in [0.2, 0.25) is 0 Å². The molecule has 3 rings (SSSR count). The van der Waals surface area contributed by atoms with Crippen molar-refractivity contribution in [2.24, 2.45) is 0 Å². The molecule has 0 aliphatic carbocycles. The first-order valence-electron chi connectivity index (χ1n) is 7.61. The van der Waals surface area contributed by atoms with Gasteiger partial charge in [-0.25, -0.2) is 0 Å². The Balaban J connectivity index is 1.79. The maximum Gasteiger partial charge on any atom is 0.137 e. The Bertz CT molecular complexity index is 588. The molecule has 0 saturated carbocycles. The van der Waals surface area contributed by atoms with Crippen LogP contribution in [0.2, 0.25) is 0 Å². The fourth-order valence-corrected chi connectivity index (χ4v) is 2.98. The molecule has 1 aromatic carbocycles. The van der Waals surface area contributed by atoms with Gasteiger partial charge >= 0.3 is 0 Å². The fourth-order valence-electron chi connectivity index (χ4n) is 2.98. The van der Waals surface area contributed by atoms with Crippen LogP contribution in [0.15, 0.2) is 42.7 Å². The minimum absolute atomic E-state index is 0.505. The molecule has 1 fully saturated rings. The van der Waals surface area contributed by atoms with Gasteiger partial charge in [-0.1, -0.05) is 24.3 Å². The van der Waals surface area contributed by atoms with Crippen molar-refractivity contribution in [2.45, 2.75) is 25.8 Å². The molecule has 1 aliphatic heterocycles. The Hall–Kier alpha value is -1.87. The molecule has 2 heterocycles. The lowest BCUT2D eigenvalue weighted by atomic mass is 10.0. The van der Waals surface area contributed by atoms with Crippen LogP contribution >= 0.6 is 0 Å². The zero-order valence-electron chi connectivity index (χ0n) is 12.7. The largest absolute Gasteiger partial charge is 0.495 e. The van der Waals surface area contributed by atoms with Crippen LogP contribution in [-0.4, -0.2) is 30.1 Å². The van der Waals surface area contributed by atoms with Gasteiger partial charge in [-0.05, 0) is 50.0 Å². The lowest BCUT2D eigenvalue weighted by molar-refractivity contribution is 0.263. The monoisotopic (exact) mass is 282 g/mol. The van der Waals surface area contributed by atoms with E-state index < -0.39 is 0 Å². The van der Waals surface area contributed by atoms with Gasteiger partial charge in [0.25, 0.3) is 0 Å². The van der Waals surface area contributed by atoms with Gasteiger partial charge in [0.1, 0.15) is 5.75 Å². The fraction of sp³-hybridized carbons (Fsp3) is 0.389. The highest BCUT2D eigenvalue weighted by Gasteiger charge is 2.19. The van der Waals surface area contributed by atoms with Crippen molar-refractivity contribution in [3.05, 3.63) is 48.3 Å². The third-order valence-corrected chi connectivity index (χ3v) is 4.36. The number of nitrogens with zero attached hydrogens (tertiary/aromatic N) is 2. The average Bonchev–Trinajstić information content (AvgIpc) is 3.09. The van der Waals surface area contributed by atoms with Crippen molar-refractivity contribution in [1.29, 1.82) is 0 Å². The van der Waals surface area contributed by atoms with Crippen LogP contribution < -0.4 is 4.74 Å². The third-order valence-electron chi connectivity index (χ3n) is 4.36. The summed E-state index contributed by atoms with van der Waals surface area (Å²) in [6.07, 6.45) is 6.27. The van der Waals surface area contributed by atoms with Crippen molar-refractivity contribution in [3.8, 4) is 16.9 Å². The Kier molecular flexibility index (Phi) is 4.20. The summed E-state index contributed by atoms with van der Waals surface area (Å²) in [6.45, 7) is 4.75. The molecule has 0 radical (unpaired) electrons. The quantitative estimate of drug-likeness (QED) is 0.850. The SMILES string of the molecule is COc1cncc(-c2ccc([C@H](C)N3CCCC3)cc2)c1. The minimum Gasteiger partial charge on any atom is -0.495 e. The summed E-state index contributed by atoms with van der Waals surface area (Å²) >= 11 is 0. The van der Waals surface area contributed by atoms with E-state index in [-0.39, 0.29) is 0 Å². The molecular formula is C18H22N2O. The van der Waals surface area contributed by atoms with Gasteiger partial charge in [0, 0.05) is 17.8 Å². The van der Waals surface area contributed by atoms with Crippen LogP contribution in [0.3, 0.4) is 0 Å². The smallest absolute Gasteiger partial charge is 0.137 e. The zero-order chi connectivity index (χ0) is 14.7. The van der Waals surface area contributed by atoms with Gasteiger partial charge < -0.3 is 4.74 Å². The Labute approximate surface area is 126 Å². The van der Waals surface area contributed by atoms with E-state index in [1.165, 1.54) is 37.1 Å². The zero-order valence-corrected chi connectivity index (χ0v) is 12.7. The summed E-state index contributed by atoms with van der Waals surface area (Å²) in [5.74, 6) is 0.794. The normalized spacial score (nSPS) is 16.9. The van der Waals surface area contributed by atoms with E-state index in [1.807, 2.05) is 12.3 Å². The molecule has 3 heteroatoms. The van der Waals surface area contributed by atoms with Crippen molar-refractivity contribution in [1.82, 2.24) is 9.88 Å². The van der Waals surface area contributed by atoms with Crippen LogP contribution in [0.5, 0.6) is 5.75 Å². The number of hydrogen-bond acceptors (Lipinski definition) is 3. The predicted octanol–water partition coefficient (Wildman–Crippen LogP) is 3.91. The number of methoxy groups -OCH3 is 1. The first-order valence-corrected chi connectivity index (χ1v) is 7.61. The van der Waals surface area contributed by atoms with Gasteiger partial charge in [0.05, 0.1) is 13.3 Å². The molecule has 3 nitrogen and oxygen atoms in total. The maximum atomic E-state index is 5.24. The molecule has 0 spiro atoms. The summed E-state index contributed by atoms with van der Waals surface area (Å²) in [4.78, 5) is 6.78. The van der Waals surface area contributed by atoms with E-state index in [9.17, 15) is 0 Å². The predicted molar refractivity (Wildman–Crippen MR) is 85.4 cm³/mol. The van der Waals surface area contributed by atoms with Gasteiger partial charge in [-0.3, -0.25) is 9.88 Å². The molecule has 2 aromatic rings. The summed E-state index contributed by atoms with van der Waals surface area (Å²) in [5, 5.41) is 0. The molecule has 1 aromatic heterocycles. The number of likely N-dealkylation sites (tertiary alicyclic amines) is 1. The van der Waals surface area contributed by atoms with Crippen LogP contribution in [0.25, 0.3) is 11.1 Å². The van der Waals surface area contributed by atoms with E-state index in [4.69, 9.17) is 4.74 Å². The standard InChI is InChI=1S/C18H22N2O/c1-14(20-9-3-4-10-20)15-5-7-16(8-6-15)17-11-18(21-2)13-19-12-17/h5-8,11-14H,3-4,9-10H2,1-2H3/t14-/m0/s1. The van der Waals surface area contributed by atoms with Crippen molar-refractivity contribution >= 4 is 0 Å². The Morgan fingerprint density at radius 1 is 1.05 bits per heavy atom. The first-order chi connectivity index (χ1) is 10.3. The number of benzene rings is 1. The number of pyridine rings is 1. The highest BCUT2D eigenvalue weighted by Crippen LogP contribution is 2.28. The Morgan fingerprint density at radius 3 is 2.43 bits per heavy atom. The molecule has 21 heavy (non-hydrogen) atoms. The molecule has 0 unspecified atom stereocenters. The molecule has 110 valence electrons. The second kappa shape index (κ2) is 6.27. The second-order valence-corrected chi connectivity index (χ2v) is 5.65. The Morgan fingerprint density at radius 2 is 1.76 bits per heavy atom. The van der Waals surface area contributed by atoms with Crippen LogP contribution in [0.1, 0.15) is 31.4 Å². The summed E-state index contributed by atoms with van der Waals surface area (Å²) in [5.41, 5.74) is 3.66. The third kappa shape index (κ3) is 3.08. The van der Waals surface area contributed by atoms with E-state index in [0.29, 0.717) is 6.04 Å². The summed E-state index contributed by atoms with van der Waals surface area (Å²) in [7, 11) is 1.67. The number of aromatic nitrogens is 1. The molecule has 1 aliphatic rings. The van der Waals surface area contributed by atoms with E-state index >= 15 is 0 Å². The summed E-state index contributed by atoms with van der Waals surface area (Å²) in [6, 6.07) is 11.4. The molecule has 1 atom stereocenters. The van der Waals surface area contributed by atoms with E-state index in [2.05, 4.69) is 41.1 Å². The molecule has 1 saturated heterocycles. The molecule has 0 N–H and O–H groups in total. The second-order valence-electron chi connectivity index (χ2n) is 5.65. The minimum atomic E-state index is 0.505. The van der Waals surface area contributed by atoms with Crippen molar-refractivity contribution < 1.29 is 4.74 Å². The van der Waals surface area contributed by atoms with Crippen LogP contribution in [0, 0.1) is 0 Å². The lowest BCUT2D eigenvalue weighted by Gasteiger charge is -2.24. The molecule has 0 amide bonds. The highest BCUT2D eigenvalue weighted by molar-refractivity contribution is 5.64. The molecule has 0 bridgehead atoms. The number of hydrogen-bond donors (Lipinski definition) is 0. The number of rotatable bonds is 4. The van der Waals surface area contributed by atoms with E-state index in [1.54, 1.807) is 13.3 Å². The van der Waals surface area contributed by atoms with E-state index in [0.717, 1.165) is 11.3 Å². The number of ether oxygens (including phenoxy) is 1.